The summed E-state index contributed by atoms with van der Waals surface area (Å²) in [4.78, 5) is 27.6. The average Bonchev–Trinajstić information content (AvgIpc) is 3.05. The Morgan fingerprint density at radius 1 is 1.28 bits per heavy atom. The van der Waals surface area contributed by atoms with Crippen LogP contribution in [-0.4, -0.2) is 41.6 Å². The Bertz CT molecular complexity index is 813. The summed E-state index contributed by atoms with van der Waals surface area (Å²) >= 11 is 0. The number of aromatic nitrogens is 1. The second-order valence-corrected chi connectivity index (χ2v) is 6.70. The van der Waals surface area contributed by atoms with Gasteiger partial charge in [0.2, 0.25) is 0 Å². The summed E-state index contributed by atoms with van der Waals surface area (Å²) in [6.07, 6.45) is 3.72. The predicted octanol–water partition coefficient (Wildman–Crippen LogP) is 2.03. The van der Waals surface area contributed by atoms with Gasteiger partial charge in [-0.25, -0.2) is 0 Å². The molecule has 5 nitrogen and oxygen atoms in total. The Hall–Kier alpha value is -2.40. The third kappa shape index (κ3) is 3.82. The highest BCUT2D eigenvalue weighted by Gasteiger charge is 2.30. The summed E-state index contributed by atoms with van der Waals surface area (Å²) in [6, 6.07) is 11.7. The minimum absolute atomic E-state index is 0.152. The lowest BCUT2D eigenvalue weighted by Crippen LogP contribution is -2.43. The van der Waals surface area contributed by atoms with Gasteiger partial charge in [-0.2, -0.15) is 0 Å². The molecule has 132 valence electrons. The Morgan fingerprint density at radius 3 is 2.88 bits per heavy atom. The fourth-order valence-electron chi connectivity index (χ4n) is 3.54. The SMILES string of the molecule is CNC[C@@H]1CCCN1C(=O)c1cccn(Cc2cccc(C)c2)c1=O. The fraction of sp³-hybridized carbons (Fsp3) is 0.400. The molecule has 0 bridgehead atoms. The van der Waals surface area contributed by atoms with Gasteiger partial charge in [0.1, 0.15) is 5.56 Å². The number of likely N-dealkylation sites (tertiary alicyclic amines) is 1. The van der Waals surface area contributed by atoms with Gasteiger partial charge in [0, 0.05) is 25.3 Å². The first-order valence-electron chi connectivity index (χ1n) is 8.80. The van der Waals surface area contributed by atoms with E-state index in [1.54, 1.807) is 22.9 Å². The number of rotatable bonds is 5. The fourth-order valence-corrected chi connectivity index (χ4v) is 3.54. The van der Waals surface area contributed by atoms with Crippen LogP contribution in [0.4, 0.5) is 0 Å². The minimum atomic E-state index is -0.218. The molecule has 1 aromatic carbocycles. The minimum Gasteiger partial charge on any atom is -0.334 e. The highest BCUT2D eigenvalue weighted by atomic mass is 16.2. The van der Waals surface area contributed by atoms with Crippen LogP contribution in [0.25, 0.3) is 0 Å². The van der Waals surface area contributed by atoms with Crippen molar-refractivity contribution >= 4 is 5.91 Å². The number of hydrogen-bond donors (Lipinski definition) is 1. The van der Waals surface area contributed by atoms with E-state index < -0.39 is 0 Å². The van der Waals surface area contributed by atoms with Crippen LogP contribution in [0.2, 0.25) is 0 Å². The standard InChI is InChI=1S/C20H25N3O2/c1-15-6-3-7-16(12-15)14-22-10-5-9-18(19(22)24)20(25)23-11-4-8-17(23)13-21-2/h3,5-7,9-10,12,17,21H,4,8,11,13-14H2,1-2H3/t17-/m0/s1. The van der Waals surface area contributed by atoms with E-state index in [0.29, 0.717) is 6.54 Å². The van der Waals surface area contributed by atoms with Crippen LogP contribution in [0.1, 0.15) is 34.3 Å². The van der Waals surface area contributed by atoms with Crippen molar-refractivity contribution in [2.45, 2.75) is 32.4 Å². The second kappa shape index (κ2) is 7.66. The molecular weight excluding hydrogens is 314 g/mol. The molecule has 2 heterocycles. The molecule has 25 heavy (non-hydrogen) atoms. The van der Waals surface area contributed by atoms with Gasteiger partial charge >= 0.3 is 0 Å². The van der Waals surface area contributed by atoms with Crippen LogP contribution >= 0.6 is 0 Å². The molecular formula is C20H25N3O2. The lowest BCUT2D eigenvalue weighted by molar-refractivity contribution is 0.0734. The number of hydrogen-bond acceptors (Lipinski definition) is 3. The maximum absolute atomic E-state index is 12.9. The number of carbonyl (C=O) groups is 1. The maximum Gasteiger partial charge on any atom is 0.263 e. The van der Waals surface area contributed by atoms with Gasteiger partial charge in [0.25, 0.3) is 11.5 Å². The van der Waals surface area contributed by atoms with E-state index in [9.17, 15) is 9.59 Å². The molecule has 1 amide bonds. The normalized spacial score (nSPS) is 17.0. The first-order chi connectivity index (χ1) is 12.1. The molecule has 1 saturated heterocycles. The van der Waals surface area contributed by atoms with Crippen molar-refractivity contribution < 1.29 is 4.79 Å². The monoisotopic (exact) mass is 339 g/mol. The van der Waals surface area contributed by atoms with Gasteiger partial charge in [-0.1, -0.05) is 29.8 Å². The van der Waals surface area contributed by atoms with Crippen molar-refractivity contribution in [1.29, 1.82) is 0 Å². The molecule has 0 unspecified atom stereocenters. The van der Waals surface area contributed by atoms with Crippen molar-refractivity contribution in [3.8, 4) is 0 Å². The molecule has 1 aliphatic heterocycles. The number of nitrogens with one attached hydrogen (secondary N) is 1. The van der Waals surface area contributed by atoms with E-state index in [-0.39, 0.29) is 23.1 Å². The Labute approximate surface area is 148 Å². The number of nitrogens with zero attached hydrogens (tertiary/aromatic N) is 2. The third-order valence-corrected chi connectivity index (χ3v) is 4.76. The van der Waals surface area contributed by atoms with Crippen molar-refractivity contribution in [2.24, 2.45) is 0 Å². The highest BCUT2D eigenvalue weighted by molar-refractivity contribution is 5.94. The summed E-state index contributed by atoms with van der Waals surface area (Å²) < 4.78 is 1.62. The summed E-state index contributed by atoms with van der Waals surface area (Å²) in [7, 11) is 1.89. The zero-order valence-electron chi connectivity index (χ0n) is 14.9. The van der Waals surface area contributed by atoms with Gasteiger partial charge in [-0.15, -0.1) is 0 Å². The van der Waals surface area contributed by atoms with Crippen LogP contribution in [0, 0.1) is 6.92 Å². The van der Waals surface area contributed by atoms with Crippen LogP contribution in [0.3, 0.4) is 0 Å². The summed E-state index contributed by atoms with van der Waals surface area (Å²) in [5.74, 6) is -0.152. The highest BCUT2D eigenvalue weighted by Crippen LogP contribution is 2.18. The Morgan fingerprint density at radius 2 is 2.12 bits per heavy atom. The number of likely N-dealkylation sites (N-methyl/N-ethyl adjacent to an activating group) is 1. The summed E-state index contributed by atoms with van der Waals surface area (Å²) in [5.41, 5.74) is 2.26. The van der Waals surface area contributed by atoms with Gasteiger partial charge in [-0.05, 0) is 44.5 Å². The van der Waals surface area contributed by atoms with Crippen LogP contribution in [-0.2, 0) is 6.54 Å². The van der Waals surface area contributed by atoms with E-state index in [0.717, 1.165) is 37.1 Å². The number of amides is 1. The van der Waals surface area contributed by atoms with Crippen molar-refractivity contribution in [2.75, 3.05) is 20.1 Å². The van der Waals surface area contributed by atoms with E-state index in [2.05, 4.69) is 11.4 Å². The Balaban J connectivity index is 1.86. The maximum atomic E-state index is 12.9. The van der Waals surface area contributed by atoms with Gasteiger partial charge in [0.05, 0.1) is 6.54 Å². The van der Waals surface area contributed by atoms with E-state index in [1.807, 2.05) is 37.1 Å². The number of carbonyl (C=O) groups excluding carboxylic acids is 1. The summed E-state index contributed by atoms with van der Waals surface area (Å²) in [6.45, 7) is 3.98. The molecule has 1 aromatic heterocycles. The lowest BCUT2D eigenvalue weighted by Gasteiger charge is -2.24. The molecule has 0 spiro atoms. The first-order valence-corrected chi connectivity index (χ1v) is 8.80. The van der Waals surface area contributed by atoms with Crippen molar-refractivity contribution in [3.63, 3.8) is 0 Å². The molecule has 3 rings (SSSR count). The van der Waals surface area contributed by atoms with E-state index >= 15 is 0 Å². The lowest BCUT2D eigenvalue weighted by atomic mass is 10.1. The zero-order valence-corrected chi connectivity index (χ0v) is 14.9. The smallest absolute Gasteiger partial charge is 0.263 e. The van der Waals surface area contributed by atoms with Crippen LogP contribution in [0.5, 0.6) is 0 Å². The quantitative estimate of drug-likeness (QED) is 0.907. The number of benzene rings is 1. The van der Waals surface area contributed by atoms with Crippen LogP contribution in [0.15, 0.2) is 47.4 Å². The molecule has 5 heteroatoms. The summed E-state index contributed by atoms with van der Waals surface area (Å²) in [5, 5.41) is 3.13. The van der Waals surface area contributed by atoms with Crippen molar-refractivity contribution in [3.05, 3.63) is 69.6 Å². The second-order valence-electron chi connectivity index (χ2n) is 6.70. The van der Waals surface area contributed by atoms with Gasteiger partial charge in [-0.3, -0.25) is 9.59 Å². The molecule has 1 N–H and O–H groups in total. The molecule has 1 atom stereocenters. The van der Waals surface area contributed by atoms with Crippen molar-refractivity contribution in [1.82, 2.24) is 14.8 Å². The van der Waals surface area contributed by atoms with Gasteiger partial charge in [0.15, 0.2) is 0 Å². The third-order valence-electron chi connectivity index (χ3n) is 4.76. The number of aryl methyl sites for hydroxylation is 1. The van der Waals surface area contributed by atoms with E-state index in [1.165, 1.54) is 0 Å². The average molecular weight is 339 g/mol. The van der Waals surface area contributed by atoms with E-state index in [4.69, 9.17) is 0 Å². The Kier molecular flexibility index (Phi) is 5.34. The zero-order chi connectivity index (χ0) is 17.8. The van der Waals surface area contributed by atoms with Gasteiger partial charge < -0.3 is 14.8 Å². The molecule has 2 aromatic rings. The predicted molar refractivity (Wildman–Crippen MR) is 99.0 cm³/mol. The molecule has 1 aliphatic rings. The molecule has 1 fully saturated rings. The largest absolute Gasteiger partial charge is 0.334 e. The molecule has 0 aliphatic carbocycles. The molecule has 0 radical (unpaired) electrons. The first kappa shape index (κ1) is 17.4. The van der Waals surface area contributed by atoms with Crippen LogP contribution < -0.4 is 10.9 Å². The molecule has 0 saturated carbocycles. The topological polar surface area (TPSA) is 54.3 Å². The number of pyridine rings is 1.